The second-order valence-corrected chi connectivity index (χ2v) is 2.64. The number of esters is 1. The minimum atomic E-state index is -1.14. The lowest BCUT2D eigenvalue weighted by molar-refractivity contribution is 0.0601. The number of carboxylic acids is 1. The van der Waals surface area contributed by atoms with E-state index in [-0.39, 0.29) is 16.8 Å². The van der Waals surface area contributed by atoms with Crippen molar-refractivity contribution in [2.24, 2.45) is 5.73 Å². The Hall–Kier alpha value is -2.08. The smallest absolute Gasteiger partial charge is 0.337 e. The minimum absolute atomic E-state index is 0.0367. The number of anilines is 1. The van der Waals surface area contributed by atoms with Crippen LogP contribution in [0.3, 0.4) is 0 Å². The summed E-state index contributed by atoms with van der Waals surface area (Å²) in [6.45, 7) is 0. The second-order valence-electron chi connectivity index (χ2n) is 2.64. The largest absolute Gasteiger partial charge is 0.478 e. The van der Waals surface area contributed by atoms with E-state index in [1.54, 1.807) is 0 Å². The molecule has 0 radical (unpaired) electrons. The number of benzene rings is 1. The average Bonchev–Trinajstić information content (AvgIpc) is 2.29. The van der Waals surface area contributed by atoms with Gasteiger partial charge in [0.15, 0.2) is 0 Å². The lowest BCUT2D eigenvalue weighted by Gasteiger charge is -2.02. The predicted molar refractivity (Wildman–Crippen MR) is 59.3 cm³/mol. The summed E-state index contributed by atoms with van der Waals surface area (Å²) in [4.78, 5) is 21.7. The Kier molecular flexibility index (Phi) is 5.58. The molecule has 0 atom stereocenters. The lowest BCUT2D eigenvalue weighted by atomic mass is 10.1. The van der Waals surface area contributed by atoms with Crippen molar-refractivity contribution in [1.82, 2.24) is 0 Å². The number of ether oxygens (including phenoxy) is 1. The molecule has 0 saturated heterocycles. The number of carboxylic acid groups (broad SMARTS) is 1. The molecule has 5 N–H and O–H groups in total. The molecule has 0 aromatic heterocycles. The van der Waals surface area contributed by atoms with Gasteiger partial charge in [-0.25, -0.2) is 9.59 Å². The summed E-state index contributed by atoms with van der Waals surface area (Å²) in [5, 5.41) is 8.68. The van der Waals surface area contributed by atoms with Crippen molar-refractivity contribution in [3.05, 3.63) is 29.3 Å². The summed E-state index contributed by atoms with van der Waals surface area (Å²) in [6.07, 6.45) is 0. The molecular weight excluding hydrogens is 212 g/mol. The molecule has 6 heteroatoms. The summed E-state index contributed by atoms with van der Waals surface area (Å²) >= 11 is 0. The zero-order valence-electron chi connectivity index (χ0n) is 9.06. The van der Waals surface area contributed by atoms with Crippen LogP contribution in [0.25, 0.3) is 0 Å². The van der Waals surface area contributed by atoms with E-state index < -0.39 is 11.9 Å². The number of aromatic carboxylic acids is 1. The van der Waals surface area contributed by atoms with Crippen molar-refractivity contribution in [3.8, 4) is 0 Å². The van der Waals surface area contributed by atoms with Gasteiger partial charge in [0.2, 0.25) is 0 Å². The Morgan fingerprint density at radius 3 is 2.12 bits per heavy atom. The molecule has 0 fully saturated rings. The molecule has 0 spiro atoms. The van der Waals surface area contributed by atoms with E-state index >= 15 is 0 Å². The van der Waals surface area contributed by atoms with Crippen LogP contribution >= 0.6 is 0 Å². The Balaban J connectivity index is 0.00000106. The lowest BCUT2D eigenvalue weighted by Crippen LogP contribution is -2.06. The van der Waals surface area contributed by atoms with E-state index in [1.807, 2.05) is 0 Å². The molecule has 88 valence electrons. The van der Waals surface area contributed by atoms with Gasteiger partial charge in [-0.05, 0) is 25.2 Å². The number of hydrogen-bond acceptors (Lipinski definition) is 5. The predicted octanol–water partition coefficient (Wildman–Crippen LogP) is 0.328. The van der Waals surface area contributed by atoms with Gasteiger partial charge in [-0.15, -0.1) is 0 Å². The van der Waals surface area contributed by atoms with Gasteiger partial charge in [-0.2, -0.15) is 0 Å². The summed E-state index contributed by atoms with van der Waals surface area (Å²) < 4.78 is 4.44. The Bertz CT molecular complexity index is 390. The Morgan fingerprint density at radius 2 is 1.69 bits per heavy atom. The van der Waals surface area contributed by atoms with Gasteiger partial charge in [0.25, 0.3) is 0 Å². The third kappa shape index (κ3) is 3.58. The zero-order valence-corrected chi connectivity index (χ0v) is 9.06. The van der Waals surface area contributed by atoms with Gasteiger partial charge in [0.1, 0.15) is 0 Å². The van der Waals surface area contributed by atoms with Crippen molar-refractivity contribution in [1.29, 1.82) is 0 Å². The van der Waals surface area contributed by atoms with E-state index in [2.05, 4.69) is 10.5 Å². The van der Waals surface area contributed by atoms with Crippen LogP contribution in [0.4, 0.5) is 5.69 Å². The molecule has 0 bridgehead atoms. The van der Waals surface area contributed by atoms with E-state index in [1.165, 1.54) is 32.4 Å². The minimum Gasteiger partial charge on any atom is -0.478 e. The Labute approximate surface area is 92.8 Å². The van der Waals surface area contributed by atoms with Gasteiger partial charge in [-0.1, -0.05) is 0 Å². The highest BCUT2D eigenvalue weighted by Crippen LogP contribution is 2.12. The highest BCUT2D eigenvalue weighted by atomic mass is 16.5. The molecule has 0 aliphatic carbocycles. The first-order valence-corrected chi connectivity index (χ1v) is 4.34. The van der Waals surface area contributed by atoms with Crippen LogP contribution in [0.5, 0.6) is 0 Å². The third-order valence-corrected chi connectivity index (χ3v) is 1.62. The van der Waals surface area contributed by atoms with E-state index in [4.69, 9.17) is 10.8 Å². The number of rotatable bonds is 2. The fraction of sp³-hybridized carbons (Fsp3) is 0.200. The van der Waals surface area contributed by atoms with Crippen molar-refractivity contribution < 1.29 is 19.4 Å². The summed E-state index contributed by atoms with van der Waals surface area (Å²) in [5.41, 5.74) is 10.2. The maximum Gasteiger partial charge on any atom is 0.337 e. The first-order valence-electron chi connectivity index (χ1n) is 4.34. The second kappa shape index (κ2) is 6.41. The monoisotopic (exact) mass is 226 g/mol. The van der Waals surface area contributed by atoms with Crippen LogP contribution in [0.15, 0.2) is 18.2 Å². The molecule has 6 nitrogen and oxygen atoms in total. The number of carbonyl (C=O) groups is 2. The number of carbonyl (C=O) groups excluding carboxylic acids is 1. The number of methoxy groups -OCH3 is 1. The fourth-order valence-electron chi connectivity index (χ4n) is 1.01. The molecular formula is C10H14N2O4. The normalized spacial score (nSPS) is 8.69. The fourth-order valence-corrected chi connectivity index (χ4v) is 1.01. The van der Waals surface area contributed by atoms with E-state index in [0.29, 0.717) is 0 Å². The van der Waals surface area contributed by atoms with Gasteiger partial charge < -0.3 is 21.3 Å². The van der Waals surface area contributed by atoms with Crippen LogP contribution in [-0.2, 0) is 4.74 Å². The number of hydrogen-bond donors (Lipinski definition) is 3. The van der Waals surface area contributed by atoms with Crippen LogP contribution in [-0.4, -0.2) is 31.2 Å². The molecule has 16 heavy (non-hydrogen) atoms. The summed E-state index contributed by atoms with van der Waals surface area (Å²) in [7, 11) is 2.71. The van der Waals surface area contributed by atoms with Crippen molar-refractivity contribution >= 4 is 17.6 Å². The van der Waals surface area contributed by atoms with Crippen molar-refractivity contribution in [2.45, 2.75) is 0 Å². The molecule has 0 heterocycles. The van der Waals surface area contributed by atoms with Gasteiger partial charge in [0.05, 0.1) is 18.2 Å². The van der Waals surface area contributed by atoms with Gasteiger partial charge in [0, 0.05) is 5.69 Å². The van der Waals surface area contributed by atoms with Crippen molar-refractivity contribution in [2.75, 3.05) is 19.9 Å². The highest BCUT2D eigenvalue weighted by Gasteiger charge is 2.11. The zero-order chi connectivity index (χ0) is 12.7. The summed E-state index contributed by atoms with van der Waals surface area (Å²) in [5.74, 6) is -1.75. The van der Waals surface area contributed by atoms with E-state index in [9.17, 15) is 9.59 Å². The van der Waals surface area contributed by atoms with Crippen LogP contribution < -0.4 is 11.5 Å². The quantitative estimate of drug-likeness (QED) is 0.494. The standard InChI is InChI=1S/C9H9NO4.CH5N/c1-14-9(13)6-2-5(8(11)12)3-7(10)4-6;1-2/h2-4H,10H2,1H3,(H,11,12);2H2,1H3. The van der Waals surface area contributed by atoms with Crippen LogP contribution in [0.1, 0.15) is 20.7 Å². The SMILES string of the molecule is CN.COC(=O)c1cc(N)cc(C(=O)O)c1. The number of nitrogen functional groups attached to an aromatic ring is 1. The third-order valence-electron chi connectivity index (χ3n) is 1.62. The Morgan fingerprint density at radius 1 is 1.19 bits per heavy atom. The van der Waals surface area contributed by atoms with Crippen molar-refractivity contribution in [3.63, 3.8) is 0 Å². The summed E-state index contributed by atoms with van der Waals surface area (Å²) in [6, 6.07) is 3.84. The first kappa shape index (κ1) is 13.9. The topological polar surface area (TPSA) is 116 Å². The molecule has 1 rings (SSSR count). The maximum atomic E-state index is 11.1. The molecule has 0 amide bonds. The van der Waals surface area contributed by atoms with Crippen LogP contribution in [0.2, 0.25) is 0 Å². The van der Waals surface area contributed by atoms with E-state index in [0.717, 1.165) is 0 Å². The molecule has 0 saturated carbocycles. The number of nitrogens with two attached hydrogens (primary N) is 2. The molecule has 1 aromatic rings. The molecule has 0 unspecified atom stereocenters. The van der Waals surface area contributed by atoms with Crippen LogP contribution in [0, 0.1) is 0 Å². The first-order chi connectivity index (χ1) is 7.54. The average molecular weight is 226 g/mol. The van der Waals surface area contributed by atoms with Gasteiger partial charge >= 0.3 is 11.9 Å². The molecule has 0 aliphatic rings. The molecule has 1 aromatic carbocycles. The molecule has 0 aliphatic heterocycles. The highest BCUT2D eigenvalue weighted by molar-refractivity contribution is 5.96. The maximum absolute atomic E-state index is 11.1. The van der Waals surface area contributed by atoms with Gasteiger partial charge in [-0.3, -0.25) is 0 Å².